The Bertz CT molecular complexity index is 7660. The summed E-state index contributed by atoms with van der Waals surface area (Å²) < 4.78 is 20.8. The predicted octanol–water partition coefficient (Wildman–Crippen LogP) is 27.1. The van der Waals surface area contributed by atoms with Crippen molar-refractivity contribution in [3.05, 3.63) is 303 Å². The molecule has 8 heterocycles. The third kappa shape index (κ3) is 8.44. The lowest BCUT2D eigenvalue weighted by molar-refractivity contribution is 0.669. The van der Waals surface area contributed by atoms with Crippen molar-refractivity contribution < 1.29 is 13.3 Å². The van der Waals surface area contributed by atoms with Crippen LogP contribution in [0.4, 0.5) is 0 Å². The maximum absolute atomic E-state index is 6.02. The van der Waals surface area contributed by atoms with E-state index in [0.717, 1.165) is 50.0 Å². The topological polar surface area (TPSA) is 103 Å². The van der Waals surface area contributed by atoms with Gasteiger partial charge >= 0.3 is 0 Å². The SMILES string of the molecule is c1ccc2c(c1)ccc1[nH]c3cc4oc5ccccc5c4cc3c12.c1ccc2c(c1)ccc1c3cc4c(cc3[nH]c21)oc1ccccc14.c1ccc2cc3c(cc2c1)[nH]c1cc2c(cc13)sc1ccc3ccccc3c12.c1ccc2cc3c(cc2c1)[nH]c1cc2oc4ccccc4c2cc13. The Labute approximate surface area is 571 Å². The second-order valence-corrected chi connectivity index (χ2v) is 27.6. The van der Waals surface area contributed by atoms with E-state index in [2.05, 4.69) is 287 Å². The van der Waals surface area contributed by atoms with Gasteiger partial charge in [0.2, 0.25) is 0 Å². The summed E-state index contributed by atoms with van der Waals surface area (Å²) in [4.78, 5) is 14.4. The van der Waals surface area contributed by atoms with Crippen molar-refractivity contribution in [3.8, 4) is 0 Å². The highest BCUT2D eigenvalue weighted by molar-refractivity contribution is 7.26. The van der Waals surface area contributed by atoms with Crippen molar-refractivity contribution in [1.82, 2.24) is 19.9 Å². The number of aromatic nitrogens is 4. The summed E-state index contributed by atoms with van der Waals surface area (Å²) in [6.45, 7) is 0. The number of aromatic amines is 4. The molecule has 100 heavy (non-hydrogen) atoms. The highest BCUT2D eigenvalue weighted by Gasteiger charge is 2.18. The second kappa shape index (κ2) is 21.2. The molecule has 25 aromatic rings. The minimum absolute atomic E-state index is 0.930. The summed E-state index contributed by atoms with van der Waals surface area (Å²) in [6, 6.07) is 108. The largest absolute Gasteiger partial charge is 0.456 e. The van der Waals surface area contributed by atoms with E-state index in [4.69, 9.17) is 13.3 Å². The van der Waals surface area contributed by atoms with Crippen LogP contribution in [-0.2, 0) is 0 Å². The molecule has 8 heteroatoms. The van der Waals surface area contributed by atoms with Crippen LogP contribution in [0.25, 0.3) is 227 Å². The zero-order valence-electron chi connectivity index (χ0n) is 53.5. The molecule has 8 aromatic heterocycles. The maximum atomic E-state index is 6.02. The van der Waals surface area contributed by atoms with Gasteiger partial charge in [-0.3, -0.25) is 0 Å². The van der Waals surface area contributed by atoms with Crippen LogP contribution in [0.1, 0.15) is 0 Å². The van der Waals surface area contributed by atoms with Crippen molar-refractivity contribution in [1.29, 1.82) is 0 Å². The van der Waals surface area contributed by atoms with Gasteiger partial charge in [0.25, 0.3) is 0 Å². The smallest absolute Gasteiger partial charge is 0.137 e. The molecule has 0 radical (unpaired) electrons. The fourth-order valence-corrected chi connectivity index (χ4v) is 17.3. The molecule has 7 nitrogen and oxygen atoms in total. The van der Waals surface area contributed by atoms with Crippen LogP contribution in [0.2, 0.25) is 0 Å². The predicted molar refractivity (Wildman–Crippen MR) is 425 cm³/mol. The Morgan fingerprint density at radius 2 is 0.550 bits per heavy atom. The molecule has 17 aromatic carbocycles. The van der Waals surface area contributed by atoms with Gasteiger partial charge < -0.3 is 33.2 Å². The molecule has 0 spiro atoms. The van der Waals surface area contributed by atoms with E-state index in [-0.39, 0.29) is 0 Å². The molecule has 0 unspecified atom stereocenters. The molecule has 4 N–H and O–H groups in total. The van der Waals surface area contributed by atoms with E-state index in [1.807, 2.05) is 47.7 Å². The van der Waals surface area contributed by atoms with Gasteiger partial charge in [-0.15, -0.1) is 11.3 Å². The summed E-state index contributed by atoms with van der Waals surface area (Å²) in [6.07, 6.45) is 0. The van der Waals surface area contributed by atoms with Crippen molar-refractivity contribution in [2.45, 2.75) is 0 Å². The molecule has 0 saturated heterocycles. The van der Waals surface area contributed by atoms with E-state index >= 15 is 0 Å². The summed E-state index contributed by atoms with van der Waals surface area (Å²) >= 11 is 1.89. The Morgan fingerprint density at radius 1 is 0.180 bits per heavy atom. The van der Waals surface area contributed by atoms with E-state index in [0.29, 0.717) is 0 Å². The van der Waals surface area contributed by atoms with E-state index in [1.54, 1.807) is 0 Å². The van der Waals surface area contributed by atoms with Gasteiger partial charge in [-0.05, 0) is 133 Å². The standard InChI is InChI=1S/C26H15NS.3C22H13NO/c1-2-7-17-12-22-19(11-16(17)6-1)20-14-25-21(13-23(20)27-22)26-18-8-4-3-5-15(18)9-10-24(26)28-25;1-2-6-14-10-19-16(9-13(14)5-1)17-11-18-15-7-3-4-8-21(15)24-22(18)12-20(17)23-19;1-2-6-14-13(5-1)9-10-18-22(14)17-11-16-15-7-3-4-8-20(15)24-21(16)12-19(17)23-18;1-2-6-14-13(5-1)9-10-16-17-11-18-15-7-3-4-8-20(15)24-21(18)12-19(17)23-22(14)16/h1-14,27H;3*1-12,23H. The highest BCUT2D eigenvalue weighted by Crippen LogP contribution is 2.44. The molecular weight excluding hydrogens is 1240 g/mol. The summed E-state index contributed by atoms with van der Waals surface area (Å²) in [5.41, 5.74) is 14.9. The van der Waals surface area contributed by atoms with Gasteiger partial charge in [0.05, 0.1) is 22.1 Å². The minimum atomic E-state index is 0.930. The third-order valence-corrected chi connectivity index (χ3v) is 22.0. The average Bonchev–Trinajstić information content (AvgIpc) is 1.59. The van der Waals surface area contributed by atoms with Crippen LogP contribution >= 0.6 is 11.3 Å². The Balaban J connectivity index is 0.0000000851. The first kappa shape index (κ1) is 55.0. The van der Waals surface area contributed by atoms with Gasteiger partial charge in [0.1, 0.15) is 33.5 Å². The van der Waals surface area contributed by atoms with Crippen LogP contribution < -0.4 is 0 Å². The zero-order valence-corrected chi connectivity index (χ0v) is 54.3. The molecule has 0 saturated carbocycles. The normalized spacial score (nSPS) is 12.2. The first-order chi connectivity index (χ1) is 49.5. The van der Waals surface area contributed by atoms with Crippen LogP contribution in [0.3, 0.4) is 0 Å². The number of fused-ring (bicyclic) bond motifs is 32. The number of rotatable bonds is 0. The van der Waals surface area contributed by atoms with Crippen molar-refractivity contribution in [2.24, 2.45) is 0 Å². The molecule has 0 atom stereocenters. The van der Waals surface area contributed by atoms with E-state index in [9.17, 15) is 0 Å². The quantitative estimate of drug-likeness (QED) is 0.122. The Morgan fingerprint density at radius 3 is 1.11 bits per heavy atom. The number of nitrogens with one attached hydrogen (secondary N) is 4. The van der Waals surface area contributed by atoms with Gasteiger partial charge in [-0.25, -0.2) is 0 Å². The van der Waals surface area contributed by atoms with Gasteiger partial charge in [-0.1, -0.05) is 200 Å². The molecule has 0 amide bonds. The molecule has 0 aliphatic heterocycles. The van der Waals surface area contributed by atoms with Crippen LogP contribution in [-0.4, -0.2) is 19.9 Å². The number of para-hydroxylation sites is 3. The summed E-state index contributed by atoms with van der Waals surface area (Å²) in [7, 11) is 0. The second-order valence-electron chi connectivity index (χ2n) is 26.5. The number of thiophene rings is 1. The van der Waals surface area contributed by atoms with Gasteiger partial charge in [0.15, 0.2) is 0 Å². The average molecular weight is 1300 g/mol. The monoisotopic (exact) mass is 1290 g/mol. The van der Waals surface area contributed by atoms with E-state index < -0.39 is 0 Å². The van der Waals surface area contributed by atoms with Crippen LogP contribution in [0, 0.1) is 0 Å². The number of furan rings is 3. The third-order valence-electron chi connectivity index (χ3n) is 20.9. The van der Waals surface area contributed by atoms with E-state index in [1.165, 1.54) is 177 Å². The number of H-pyrrole nitrogens is 4. The lowest BCUT2D eigenvalue weighted by Crippen LogP contribution is -1.74. The minimum Gasteiger partial charge on any atom is -0.456 e. The lowest BCUT2D eigenvalue weighted by Gasteiger charge is -2.00. The number of hydrogen-bond donors (Lipinski definition) is 4. The van der Waals surface area contributed by atoms with Crippen molar-refractivity contribution in [2.75, 3.05) is 0 Å². The van der Waals surface area contributed by atoms with Gasteiger partial charge in [-0.2, -0.15) is 0 Å². The zero-order chi connectivity index (χ0) is 65.3. The Kier molecular flexibility index (Phi) is 11.7. The first-order valence-corrected chi connectivity index (χ1v) is 34.7. The number of hydrogen-bond acceptors (Lipinski definition) is 4. The number of benzene rings is 17. The summed E-state index contributed by atoms with van der Waals surface area (Å²) in [5, 5.41) is 32.7. The van der Waals surface area contributed by atoms with Crippen molar-refractivity contribution in [3.63, 3.8) is 0 Å². The lowest BCUT2D eigenvalue weighted by atomic mass is 10.0. The fourth-order valence-electron chi connectivity index (χ4n) is 16.2. The molecule has 0 aliphatic rings. The first-order valence-electron chi connectivity index (χ1n) is 33.9. The molecule has 25 rings (SSSR count). The summed E-state index contributed by atoms with van der Waals surface area (Å²) in [5.74, 6) is 0. The molecule has 0 aliphatic carbocycles. The van der Waals surface area contributed by atoms with Gasteiger partial charge in [0, 0.05) is 141 Å². The molecule has 0 bridgehead atoms. The molecular formula is C92H54N4O3S. The molecule has 466 valence electrons. The maximum Gasteiger partial charge on any atom is 0.137 e. The molecule has 0 fully saturated rings. The van der Waals surface area contributed by atoms with Crippen LogP contribution in [0.5, 0.6) is 0 Å². The Hall–Kier alpha value is -13.1. The van der Waals surface area contributed by atoms with Crippen LogP contribution in [0.15, 0.2) is 317 Å². The fraction of sp³-hybridized carbons (Fsp3) is 0. The highest BCUT2D eigenvalue weighted by atomic mass is 32.1. The van der Waals surface area contributed by atoms with Crippen molar-refractivity contribution >= 4 is 238 Å².